The van der Waals surface area contributed by atoms with Gasteiger partial charge in [-0.05, 0) is 36.0 Å². The van der Waals surface area contributed by atoms with Crippen molar-refractivity contribution >= 4 is 28.3 Å². The molecule has 0 saturated carbocycles. The van der Waals surface area contributed by atoms with Crippen LogP contribution in [0.15, 0.2) is 67.4 Å². The highest BCUT2D eigenvalue weighted by Gasteiger charge is 2.27. The third kappa shape index (κ3) is 5.86. The quantitative estimate of drug-likeness (QED) is 0.281. The third-order valence-electron chi connectivity index (χ3n) is 5.64. The number of rotatable bonds is 10. The Hall–Kier alpha value is -3.38. The number of amides is 2. The molecule has 3 aromatic rings. The van der Waals surface area contributed by atoms with E-state index in [1.54, 1.807) is 5.48 Å². The first kappa shape index (κ1) is 23.3. The molecule has 1 unspecified atom stereocenters. The zero-order chi connectivity index (χ0) is 23.1. The van der Waals surface area contributed by atoms with Crippen LogP contribution in [0.2, 0.25) is 0 Å². The van der Waals surface area contributed by atoms with Crippen molar-refractivity contribution in [2.45, 2.75) is 39.2 Å². The van der Waals surface area contributed by atoms with Crippen molar-refractivity contribution in [1.29, 1.82) is 0 Å². The number of carbonyl (C=O) groups excluding carboxylic acids is 2. The first-order valence-corrected chi connectivity index (χ1v) is 10.9. The molecular formula is C26H31N3O3. The van der Waals surface area contributed by atoms with Crippen LogP contribution in [0, 0.1) is 11.8 Å². The van der Waals surface area contributed by atoms with Crippen LogP contribution in [-0.2, 0) is 16.0 Å². The number of aromatic amines is 1. The van der Waals surface area contributed by atoms with Crippen LogP contribution < -0.4 is 10.8 Å². The molecule has 2 aromatic carbocycles. The lowest BCUT2D eigenvalue weighted by Crippen LogP contribution is -2.42. The molecule has 4 N–H and O–H groups in total. The Morgan fingerprint density at radius 3 is 2.44 bits per heavy atom. The molecule has 1 aromatic heterocycles. The lowest BCUT2D eigenvalue weighted by atomic mass is 9.90. The minimum atomic E-state index is -0.569. The van der Waals surface area contributed by atoms with Crippen LogP contribution in [0.25, 0.3) is 16.5 Å². The molecule has 0 aliphatic carbocycles. The molecule has 0 saturated heterocycles. The molecule has 0 spiro atoms. The number of H-pyrrole nitrogens is 1. The zero-order valence-electron chi connectivity index (χ0n) is 18.6. The van der Waals surface area contributed by atoms with E-state index in [4.69, 9.17) is 5.21 Å². The Bertz CT molecular complexity index is 1070. The van der Waals surface area contributed by atoms with E-state index in [1.807, 2.05) is 74.6 Å². The van der Waals surface area contributed by atoms with Crippen LogP contribution in [-0.4, -0.2) is 28.0 Å². The van der Waals surface area contributed by atoms with Crippen LogP contribution in [0.5, 0.6) is 0 Å². The van der Waals surface area contributed by atoms with Gasteiger partial charge in [0.05, 0.1) is 6.04 Å². The van der Waals surface area contributed by atoms with E-state index >= 15 is 0 Å². The maximum absolute atomic E-state index is 13.2. The van der Waals surface area contributed by atoms with Crippen LogP contribution in [0.3, 0.4) is 0 Å². The second-order valence-corrected chi connectivity index (χ2v) is 8.59. The van der Waals surface area contributed by atoms with Gasteiger partial charge < -0.3 is 10.3 Å². The highest BCUT2D eigenvalue weighted by Crippen LogP contribution is 2.28. The second-order valence-electron chi connectivity index (χ2n) is 8.59. The number of para-hydroxylation sites is 1. The standard InChI is InChI=1S/C26H31N3O3/c1-17(2)13-20(15-25(30)29-32)26(31)28-24(14-19-9-5-4-6-10-19)18(3)22-16-27-23-12-8-7-11-21(22)23/h4-12,16-17,20,24,27,32H,3,13-15H2,1-2H3,(H,28,31)(H,29,30)/t20?,24-/m0/s1. The zero-order valence-corrected chi connectivity index (χ0v) is 18.6. The molecule has 3 rings (SSSR count). The molecule has 6 heteroatoms. The van der Waals surface area contributed by atoms with E-state index in [0.717, 1.165) is 27.6 Å². The first-order chi connectivity index (χ1) is 15.4. The molecule has 32 heavy (non-hydrogen) atoms. The molecule has 2 amide bonds. The molecule has 1 heterocycles. The molecule has 6 nitrogen and oxygen atoms in total. The van der Waals surface area contributed by atoms with Gasteiger partial charge in [-0.1, -0.05) is 69.0 Å². The van der Waals surface area contributed by atoms with Crippen molar-refractivity contribution in [3.05, 3.63) is 78.5 Å². The van der Waals surface area contributed by atoms with Crippen LogP contribution >= 0.6 is 0 Å². The first-order valence-electron chi connectivity index (χ1n) is 10.9. The Morgan fingerprint density at radius 2 is 1.75 bits per heavy atom. The van der Waals surface area contributed by atoms with Crippen LogP contribution in [0.1, 0.15) is 37.8 Å². The summed E-state index contributed by atoms with van der Waals surface area (Å²) < 4.78 is 0. The van der Waals surface area contributed by atoms with E-state index in [-0.39, 0.29) is 24.3 Å². The van der Waals surface area contributed by atoms with Gasteiger partial charge in [0.2, 0.25) is 11.8 Å². The topological polar surface area (TPSA) is 94.2 Å². The highest BCUT2D eigenvalue weighted by molar-refractivity contribution is 5.94. The number of hydrogen-bond donors (Lipinski definition) is 4. The second kappa shape index (κ2) is 10.8. The summed E-state index contributed by atoms with van der Waals surface area (Å²) in [5.74, 6) is -1.11. The number of fused-ring (bicyclic) bond motifs is 1. The maximum Gasteiger partial charge on any atom is 0.244 e. The fourth-order valence-electron chi connectivity index (χ4n) is 4.05. The van der Waals surface area contributed by atoms with Gasteiger partial charge in [-0.2, -0.15) is 0 Å². The average molecular weight is 434 g/mol. The Morgan fingerprint density at radius 1 is 1.06 bits per heavy atom. The van der Waals surface area contributed by atoms with Gasteiger partial charge in [-0.25, -0.2) is 5.48 Å². The van der Waals surface area contributed by atoms with Crippen molar-refractivity contribution in [2.24, 2.45) is 11.8 Å². The van der Waals surface area contributed by atoms with Crippen molar-refractivity contribution in [3.8, 4) is 0 Å². The van der Waals surface area contributed by atoms with Gasteiger partial charge in [-0.15, -0.1) is 0 Å². The van der Waals surface area contributed by atoms with Gasteiger partial charge in [0, 0.05) is 35.0 Å². The van der Waals surface area contributed by atoms with E-state index < -0.39 is 11.8 Å². The van der Waals surface area contributed by atoms with Crippen molar-refractivity contribution in [1.82, 2.24) is 15.8 Å². The Balaban J connectivity index is 1.88. The van der Waals surface area contributed by atoms with E-state index in [1.165, 1.54) is 0 Å². The normalized spacial score (nSPS) is 13.0. The summed E-state index contributed by atoms with van der Waals surface area (Å²) in [5.41, 5.74) is 5.48. The summed E-state index contributed by atoms with van der Waals surface area (Å²) in [5, 5.41) is 13.1. The maximum atomic E-state index is 13.2. The fourth-order valence-corrected chi connectivity index (χ4v) is 4.05. The van der Waals surface area contributed by atoms with Gasteiger partial charge >= 0.3 is 0 Å². The number of hydroxylamine groups is 1. The number of nitrogens with one attached hydrogen (secondary N) is 3. The van der Waals surface area contributed by atoms with E-state index in [0.29, 0.717) is 12.8 Å². The summed E-state index contributed by atoms with van der Waals surface area (Å²) in [6.45, 7) is 8.35. The predicted octanol–water partition coefficient (Wildman–Crippen LogP) is 4.47. The molecule has 0 radical (unpaired) electrons. The minimum Gasteiger partial charge on any atom is -0.361 e. The summed E-state index contributed by atoms with van der Waals surface area (Å²) in [6, 6.07) is 17.6. The lowest BCUT2D eigenvalue weighted by Gasteiger charge is -2.25. The van der Waals surface area contributed by atoms with Crippen molar-refractivity contribution < 1.29 is 14.8 Å². The molecule has 0 bridgehead atoms. The fraction of sp³-hybridized carbons (Fsp3) is 0.308. The minimum absolute atomic E-state index is 0.0713. The molecule has 2 atom stereocenters. The summed E-state index contributed by atoms with van der Waals surface area (Å²) in [7, 11) is 0. The third-order valence-corrected chi connectivity index (χ3v) is 5.64. The van der Waals surface area contributed by atoms with Gasteiger partial charge in [-0.3, -0.25) is 14.8 Å². The molecular weight excluding hydrogens is 402 g/mol. The number of hydrogen-bond acceptors (Lipinski definition) is 3. The van der Waals surface area contributed by atoms with E-state index in [2.05, 4.69) is 16.9 Å². The summed E-state index contributed by atoms with van der Waals surface area (Å²) >= 11 is 0. The summed E-state index contributed by atoms with van der Waals surface area (Å²) in [6.07, 6.45) is 2.96. The predicted molar refractivity (Wildman–Crippen MR) is 127 cm³/mol. The SMILES string of the molecule is C=C(c1c[nH]c2ccccc12)[C@H](Cc1ccccc1)NC(=O)C(CC(=O)NO)CC(C)C. The number of carbonyl (C=O) groups is 2. The molecule has 0 fully saturated rings. The van der Waals surface area contributed by atoms with Gasteiger partial charge in [0.1, 0.15) is 0 Å². The highest BCUT2D eigenvalue weighted by atomic mass is 16.5. The average Bonchev–Trinajstić information content (AvgIpc) is 3.22. The summed E-state index contributed by atoms with van der Waals surface area (Å²) in [4.78, 5) is 28.3. The van der Waals surface area contributed by atoms with Crippen molar-refractivity contribution in [3.63, 3.8) is 0 Å². The van der Waals surface area contributed by atoms with Crippen LogP contribution in [0.4, 0.5) is 0 Å². The van der Waals surface area contributed by atoms with Crippen molar-refractivity contribution in [2.75, 3.05) is 0 Å². The molecule has 0 aliphatic heterocycles. The Labute approximate surface area is 188 Å². The smallest absolute Gasteiger partial charge is 0.244 e. The largest absolute Gasteiger partial charge is 0.361 e. The van der Waals surface area contributed by atoms with E-state index in [9.17, 15) is 9.59 Å². The molecule has 0 aliphatic rings. The van der Waals surface area contributed by atoms with Gasteiger partial charge in [0.15, 0.2) is 0 Å². The Kier molecular flexibility index (Phi) is 7.84. The lowest BCUT2D eigenvalue weighted by molar-refractivity contribution is -0.135. The monoisotopic (exact) mass is 433 g/mol. The van der Waals surface area contributed by atoms with Gasteiger partial charge in [0.25, 0.3) is 0 Å². The number of benzene rings is 2. The number of aromatic nitrogens is 1. The molecule has 168 valence electrons.